The van der Waals surface area contributed by atoms with Gasteiger partial charge in [0.15, 0.2) is 0 Å². The van der Waals surface area contributed by atoms with E-state index >= 15 is 0 Å². The molecule has 0 radical (unpaired) electrons. The van der Waals surface area contributed by atoms with Crippen molar-refractivity contribution >= 4 is 15.9 Å². The summed E-state index contributed by atoms with van der Waals surface area (Å²) < 4.78 is 19.7. The smallest absolute Gasteiger partial charge is 0.141 e. The highest BCUT2D eigenvalue weighted by Gasteiger charge is 2.09. The van der Waals surface area contributed by atoms with Gasteiger partial charge in [0.1, 0.15) is 17.3 Å². The lowest BCUT2D eigenvalue weighted by molar-refractivity contribution is 0.472. The van der Waals surface area contributed by atoms with Crippen LogP contribution in [0.25, 0.3) is 0 Å². The van der Waals surface area contributed by atoms with Gasteiger partial charge in [-0.3, -0.25) is 0 Å². The Morgan fingerprint density at radius 1 is 1.14 bits per heavy atom. The van der Waals surface area contributed by atoms with Crippen LogP contribution < -0.4 is 10.1 Å². The van der Waals surface area contributed by atoms with Crippen molar-refractivity contribution in [1.29, 1.82) is 0 Å². The summed E-state index contributed by atoms with van der Waals surface area (Å²) in [5, 5.41) is 3.43. The van der Waals surface area contributed by atoms with Gasteiger partial charge < -0.3 is 10.1 Å². The van der Waals surface area contributed by atoms with Crippen molar-refractivity contribution in [1.82, 2.24) is 5.32 Å². The van der Waals surface area contributed by atoms with Gasteiger partial charge in [-0.05, 0) is 58.7 Å². The normalized spacial score (nSPS) is 12.2. The van der Waals surface area contributed by atoms with Crippen LogP contribution in [0.4, 0.5) is 4.39 Å². The number of benzene rings is 2. The first-order chi connectivity index (χ1) is 10.1. The molecular formula is C17H19BrFNO. The van der Waals surface area contributed by atoms with Crippen molar-refractivity contribution < 1.29 is 9.13 Å². The van der Waals surface area contributed by atoms with Crippen molar-refractivity contribution in [2.24, 2.45) is 0 Å². The summed E-state index contributed by atoms with van der Waals surface area (Å²) in [6, 6.07) is 13.0. The fourth-order valence-electron chi connectivity index (χ4n) is 2.22. The Kier molecular flexibility index (Phi) is 5.76. The van der Waals surface area contributed by atoms with E-state index in [9.17, 15) is 4.39 Å². The number of halogens is 2. The zero-order valence-corrected chi connectivity index (χ0v) is 13.8. The van der Waals surface area contributed by atoms with Crippen molar-refractivity contribution in [3.05, 3.63) is 58.3 Å². The molecule has 4 heteroatoms. The summed E-state index contributed by atoms with van der Waals surface area (Å²) in [5.74, 6) is 0.873. The molecule has 0 aromatic heterocycles. The molecule has 0 aliphatic carbocycles. The van der Waals surface area contributed by atoms with Crippen LogP contribution in [0, 0.1) is 5.82 Å². The number of hydrogen-bond donors (Lipinski definition) is 1. The number of rotatable bonds is 6. The first-order valence-corrected chi connectivity index (χ1v) is 7.89. The molecule has 1 N–H and O–H groups in total. The van der Waals surface area contributed by atoms with Gasteiger partial charge in [0.05, 0.1) is 4.47 Å². The highest BCUT2D eigenvalue weighted by atomic mass is 79.9. The Morgan fingerprint density at radius 3 is 2.57 bits per heavy atom. The van der Waals surface area contributed by atoms with Gasteiger partial charge in [0.2, 0.25) is 0 Å². The molecule has 1 atom stereocenters. The first kappa shape index (κ1) is 16.0. The van der Waals surface area contributed by atoms with Gasteiger partial charge in [-0.2, -0.15) is 0 Å². The Morgan fingerprint density at radius 2 is 1.90 bits per heavy atom. The topological polar surface area (TPSA) is 21.3 Å². The molecule has 0 saturated heterocycles. The fourth-order valence-corrected chi connectivity index (χ4v) is 2.46. The molecule has 0 fully saturated rings. The highest BCUT2D eigenvalue weighted by Crippen LogP contribution is 2.28. The zero-order chi connectivity index (χ0) is 15.2. The summed E-state index contributed by atoms with van der Waals surface area (Å²) in [6.07, 6.45) is 1.00. The SMILES string of the molecule is CCNC(CC)c1cccc(Oc2ccc(Br)c(F)c2)c1. The van der Waals surface area contributed by atoms with E-state index in [0.717, 1.165) is 13.0 Å². The van der Waals surface area contributed by atoms with Crippen LogP contribution in [-0.2, 0) is 0 Å². The lowest BCUT2D eigenvalue weighted by atomic mass is 10.0. The third-order valence-electron chi connectivity index (χ3n) is 3.25. The summed E-state index contributed by atoms with van der Waals surface area (Å²) in [6.45, 7) is 5.15. The molecule has 0 saturated carbocycles. The molecule has 0 spiro atoms. The van der Waals surface area contributed by atoms with E-state index in [1.54, 1.807) is 12.1 Å². The fraction of sp³-hybridized carbons (Fsp3) is 0.294. The first-order valence-electron chi connectivity index (χ1n) is 7.10. The maximum atomic E-state index is 13.5. The standard InChI is InChI=1S/C17H19BrFNO/c1-3-17(20-4-2)12-6-5-7-13(10-12)21-14-8-9-15(18)16(19)11-14/h5-11,17,20H,3-4H2,1-2H3. The van der Waals surface area contributed by atoms with Crippen LogP contribution in [0.2, 0.25) is 0 Å². The molecular weight excluding hydrogens is 333 g/mol. The Balaban J connectivity index is 2.18. The molecule has 0 amide bonds. The molecule has 0 heterocycles. The van der Waals surface area contributed by atoms with E-state index in [2.05, 4.69) is 41.2 Å². The van der Waals surface area contributed by atoms with Crippen molar-refractivity contribution in [2.75, 3.05) is 6.54 Å². The summed E-state index contributed by atoms with van der Waals surface area (Å²) >= 11 is 3.13. The molecule has 2 aromatic carbocycles. The van der Waals surface area contributed by atoms with E-state index < -0.39 is 0 Å². The molecule has 2 aromatic rings. The molecule has 0 aliphatic heterocycles. The predicted octanol–water partition coefficient (Wildman–Crippen LogP) is 5.44. The van der Waals surface area contributed by atoms with Crippen LogP contribution in [0.15, 0.2) is 46.9 Å². The quantitative estimate of drug-likeness (QED) is 0.747. The van der Waals surface area contributed by atoms with Gasteiger partial charge in [0.25, 0.3) is 0 Å². The molecule has 112 valence electrons. The van der Waals surface area contributed by atoms with Crippen molar-refractivity contribution in [3.63, 3.8) is 0 Å². The second-order valence-electron chi connectivity index (χ2n) is 4.77. The van der Waals surface area contributed by atoms with Gasteiger partial charge >= 0.3 is 0 Å². The van der Waals surface area contributed by atoms with Crippen molar-refractivity contribution in [2.45, 2.75) is 26.3 Å². The number of hydrogen-bond acceptors (Lipinski definition) is 2. The van der Waals surface area contributed by atoms with Crippen LogP contribution >= 0.6 is 15.9 Å². The highest BCUT2D eigenvalue weighted by molar-refractivity contribution is 9.10. The van der Waals surface area contributed by atoms with E-state index in [1.807, 2.05) is 18.2 Å². The summed E-state index contributed by atoms with van der Waals surface area (Å²) in [4.78, 5) is 0. The van der Waals surface area contributed by atoms with Gasteiger partial charge in [-0.15, -0.1) is 0 Å². The van der Waals surface area contributed by atoms with Crippen LogP contribution in [-0.4, -0.2) is 6.54 Å². The third kappa shape index (κ3) is 4.29. The maximum Gasteiger partial charge on any atom is 0.141 e. The van der Waals surface area contributed by atoms with E-state index in [4.69, 9.17) is 4.74 Å². The Bertz CT molecular complexity index is 603. The van der Waals surface area contributed by atoms with E-state index in [1.165, 1.54) is 11.6 Å². The minimum absolute atomic E-state index is 0.306. The molecule has 0 aliphatic rings. The zero-order valence-electron chi connectivity index (χ0n) is 12.2. The van der Waals surface area contributed by atoms with Crippen LogP contribution in [0.5, 0.6) is 11.5 Å². The average Bonchev–Trinajstić information content (AvgIpc) is 2.49. The maximum absolute atomic E-state index is 13.5. The van der Waals surface area contributed by atoms with E-state index in [-0.39, 0.29) is 5.82 Å². The molecule has 2 rings (SSSR count). The summed E-state index contributed by atoms with van der Waals surface area (Å²) in [7, 11) is 0. The second-order valence-corrected chi connectivity index (χ2v) is 5.62. The molecule has 2 nitrogen and oxygen atoms in total. The van der Waals surface area contributed by atoms with Crippen molar-refractivity contribution in [3.8, 4) is 11.5 Å². The Labute approximate surface area is 133 Å². The monoisotopic (exact) mass is 351 g/mol. The van der Waals surface area contributed by atoms with Crippen LogP contribution in [0.3, 0.4) is 0 Å². The van der Waals surface area contributed by atoms with Gasteiger partial charge in [0, 0.05) is 12.1 Å². The minimum atomic E-state index is -0.331. The minimum Gasteiger partial charge on any atom is -0.457 e. The number of nitrogens with one attached hydrogen (secondary N) is 1. The number of ether oxygens (including phenoxy) is 1. The summed E-state index contributed by atoms with van der Waals surface area (Å²) in [5.41, 5.74) is 1.18. The molecule has 21 heavy (non-hydrogen) atoms. The largest absolute Gasteiger partial charge is 0.457 e. The average molecular weight is 352 g/mol. The lowest BCUT2D eigenvalue weighted by Crippen LogP contribution is -2.19. The van der Waals surface area contributed by atoms with E-state index in [0.29, 0.717) is 22.0 Å². The second kappa shape index (κ2) is 7.57. The van der Waals surface area contributed by atoms with Gasteiger partial charge in [-0.25, -0.2) is 4.39 Å². The van der Waals surface area contributed by atoms with Gasteiger partial charge in [-0.1, -0.05) is 26.0 Å². The Hall–Kier alpha value is -1.39. The predicted molar refractivity (Wildman–Crippen MR) is 87.3 cm³/mol. The molecule has 0 bridgehead atoms. The van der Waals surface area contributed by atoms with Crippen LogP contribution in [0.1, 0.15) is 31.9 Å². The lowest BCUT2D eigenvalue weighted by Gasteiger charge is -2.17. The third-order valence-corrected chi connectivity index (χ3v) is 3.89. The molecule has 1 unspecified atom stereocenters.